The molecule has 0 fully saturated rings. The lowest BCUT2D eigenvalue weighted by atomic mass is 10.1. The lowest BCUT2D eigenvalue weighted by Crippen LogP contribution is -2.22. The summed E-state index contributed by atoms with van der Waals surface area (Å²) >= 11 is 5.98. The van der Waals surface area contributed by atoms with Gasteiger partial charge in [-0.2, -0.15) is 4.99 Å². The smallest absolute Gasteiger partial charge is 0.253 e. The number of nitrogens with two attached hydrogens (primary N) is 2. The summed E-state index contributed by atoms with van der Waals surface area (Å²) in [4.78, 5) is 12.4. The second-order valence-corrected chi connectivity index (χ2v) is 4.24. The lowest BCUT2D eigenvalue weighted by molar-refractivity contribution is 1.15. The summed E-state index contributed by atoms with van der Waals surface area (Å²) in [7, 11) is 0. The molecular weight excluding hydrogens is 262 g/mol. The van der Waals surface area contributed by atoms with Crippen molar-refractivity contribution in [2.24, 2.45) is 16.5 Å². The standard InChI is InChI=1S/C13H12ClN5/c1-3-7(2)11-9-6-8(14)4-5-10(9)17-13(18-11)19-12(15)16/h3-6H,1-2H2,(H4,15,16,17,18,19). The van der Waals surface area contributed by atoms with Gasteiger partial charge in [-0.15, -0.1) is 0 Å². The number of benzene rings is 1. The Labute approximate surface area is 115 Å². The van der Waals surface area contributed by atoms with Crippen LogP contribution in [0.2, 0.25) is 5.02 Å². The average Bonchev–Trinajstić information content (AvgIpc) is 2.36. The second kappa shape index (κ2) is 5.07. The van der Waals surface area contributed by atoms with Crippen LogP contribution >= 0.6 is 11.6 Å². The van der Waals surface area contributed by atoms with Crippen LogP contribution in [-0.4, -0.2) is 15.9 Å². The monoisotopic (exact) mass is 273 g/mol. The lowest BCUT2D eigenvalue weighted by Gasteiger charge is -2.07. The van der Waals surface area contributed by atoms with E-state index in [9.17, 15) is 0 Å². The van der Waals surface area contributed by atoms with Crippen LogP contribution in [0.5, 0.6) is 0 Å². The first-order valence-corrected chi connectivity index (χ1v) is 5.77. The predicted molar refractivity (Wildman–Crippen MR) is 79.2 cm³/mol. The van der Waals surface area contributed by atoms with Crippen molar-refractivity contribution in [3.63, 3.8) is 0 Å². The van der Waals surface area contributed by atoms with Crippen LogP contribution in [0.4, 0.5) is 5.95 Å². The van der Waals surface area contributed by atoms with E-state index >= 15 is 0 Å². The van der Waals surface area contributed by atoms with E-state index in [2.05, 4.69) is 28.1 Å². The van der Waals surface area contributed by atoms with Crippen molar-refractivity contribution in [3.8, 4) is 0 Å². The molecule has 19 heavy (non-hydrogen) atoms. The van der Waals surface area contributed by atoms with Gasteiger partial charge in [0.05, 0.1) is 11.2 Å². The van der Waals surface area contributed by atoms with Crippen LogP contribution in [0.25, 0.3) is 16.5 Å². The van der Waals surface area contributed by atoms with E-state index in [-0.39, 0.29) is 11.9 Å². The molecule has 0 spiro atoms. The van der Waals surface area contributed by atoms with Gasteiger partial charge in [-0.1, -0.05) is 30.8 Å². The maximum atomic E-state index is 5.98. The van der Waals surface area contributed by atoms with Gasteiger partial charge in [-0.3, -0.25) is 0 Å². The van der Waals surface area contributed by atoms with Crippen molar-refractivity contribution in [3.05, 3.63) is 48.1 Å². The Hall–Kier alpha value is -2.40. The molecule has 0 aliphatic carbocycles. The van der Waals surface area contributed by atoms with Crippen LogP contribution in [0.1, 0.15) is 5.69 Å². The van der Waals surface area contributed by atoms with Crippen LogP contribution in [0.15, 0.2) is 42.4 Å². The Balaban J connectivity index is 2.79. The van der Waals surface area contributed by atoms with Gasteiger partial charge < -0.3 is 11.5 Å². The molecule has 1 aromatic carbocycles. The fourth-order valence-electron chi connectivity index (χ4n) is 1.60. The highest BCUT2D eigenvalue weighted by Crippen LogP contribution is 2.26. The molecule has 5 nitrogen and oxygen atoms in total. The number of guanidine groups is 1. The molecule has 1 aromatic heterocycles. The summed E-state index contributed by atoms with van der Waals surface area (Å²) in [6.45, 7) is 7.56. The third kappa shape index (κ3) is 2.71. The quantitative estimate of drug-likeness (QED) is 0.510. The number of hydrogen-bond acceptors (Lipinski definition) is 3. The SMILES string of the molecule is C=CC(=C)c1nc(N=C(N)N)nc2ccc(Cl)cc12. The summed E-state index contributed by atoms with van der Waals surface area (Å²) in [6.07, 6.45) is 1.60. The molecule has 4 N–H and O–H groups in total. The Morgan fingerprint density at radius 1 is 1.32 bits per heavy atom. The van der Waals surface area contributed by atoms with E-state index in [1.807, 2.05) is 0 Å². The summed E-state index contributed by atoms with van der Waals surface area (Å²) in [5, 5.41) is 1.36. The number of halogens is 1. The summed E-state index contributed by atoms with van der Waals surface area (Å²) in [5.41, 5.74) is 12.6. The number of hydrogen-bond donors (Lipinski definition) is 2. The third-order valence-corrected chi connectivity index (χ3v) is 2.66. The first-order valence-electron chi connectivity index (χ1n) is 5.40. The molecule has 1 heterocycles. The highest BCUT2D eigenvalue weighted by molar-refractivity contribution is 6.31. The molecule has 2 aromatic rings. The maximum absolute atomic E-state index is 5.98. The van der Waals surface area contributed by atoms with Gasteiger partial charge in [-0.25, -0.2) is 9.97 Å². The summed E-state index contributed by atoms with van der Waals surface area (Å²) in [6, 6.07) is 5.27. The molecule has 0 saturated heterocycles. The van der Waals surface area contributed by atoms with E-state index < -0.39 is 0 Å². The largest absolute Gasteiger partial charge is 0.370 e. The van der Waals surface area contributed by atoms with Gasteiger partial charge in [0, 0.05) is 10.4 Å². The zero-order valence-corrected chi connectivity index (χ0v) is 10.9. The molecule has 0 unspecified atom stereocenters. The summed E-state index contributed by atoms with van der Waals surface area (Å²) < 4.78 is 0. The van der Waals surface area contributed by atoms with Crippen molar-refractivity contribution in [2.75, 3.05) is 0 Å². The minimum Gasteiger partial charge on any atom is -0.370 e. The van der Waals surface area contributed by atoms with E-state index in [1.54, 1.807) is 24.3 Å². The van der Waals surface area contributed by atoms with Crippen molar-refractivity contribution in [1.82, 2.24) is 9.97 Å². The zero-order valence-electron chi connectivity index (χ0n) is 10.1. The summed E-state index contributed by atoms with van der Waals surface area (Å²) in [5.74, 6) is 0.0660. The van der Waals surface area contributed by atoms with E-state index in [4.69, 9.17) is 23.1 Å². The second-order valence-electron chi connectivity index (χ2n) is 3.80. The van der Waals surface area contributed by atoms with Gasteiger partial charge in [0.15, 0.2) is 5.96 Å². The fraction of sp³-hybridized carbons (Fsp3) is 0. The molecule has 0 amide bonds. The number of fused-ring (bicyclic) bond motifs is 1. The van der Waals surface area contributed by atoms with Crippen molar-refractivity contribution in [1.29, 1.82) is 0 Å². The molecular formula is C13H12ClN5. The Bertz CT molecular complexity index is 701. The Morgan fingerprint density at radius 2 is 2.05 bits per heavy atom. The van der Waals surface area contributed by atoms with Crippen molar-refractivity contribution >= 4 is 40.0 Å². The van der Waals surface area contributed by atoms with Gasteiger partial charge in [0.1, 0.15) is 0 Å². The van der Waals surface area contributed by atoms with E-state index in [1.165, 1.54) is 0 Å². The minimum absolute atomic E-state index is 0.108. The topological polar surface area (TPSA) is 90.2 Å². The molecule has 96 valence electrons. The highest BCUT2D eigenvalue weighted by atomic mass is 35.5. The molecule has 0 atom stereocenters. The normalized spacial score (nSPS) is 10.2. The number of allylic oxidation sites excluding steroid dienone is 2. The molecule has 0 aliphatic heterocycles. The Kier molecular flexibility index (Phi) is 3.48. The Morgan fingerprint density at radius 3 is 2.68 bits per heavy atom. The molecule has 0 saturated carbocycles. The molecule has 0 radical (unpaired) electrons. The first kappa shape index (κ1) is 13.0. The van der Waals surface area contributed by atoms with Gasteiger partial charge in [0.2, 0.25) is 0 Å². The van der Waals surface area contributed by atoms with Crippen LogP contribution in [0, 0.1) is 0 Å². The highest BCUT2D eigenvalue weighted by Gasteiger charge is 2.09. The fourth-order valence-corrected chi connectivity index (χ4v) is 1.77. The molecule has 0 bridgehead atoms. The van der Waals surface area contributed by atoms with Crippen molar-refractivity contribution in [2.45, 2.75) is 0 Å². The van der Waals surface area contributed by atoms with Crippen LogP contribution < -0.4 is 11.5 Å². The van der Waals surface area contributed by atoms with Gasteiger partial charge in [0.25, 0.3) is 5.95 Å². The van der Waals surface area contributed by atoms with E-state index in [0.717, 1.165) is 5.39 Å². The average molecular weight is 274 g/mol. The zero-order chi connectivity index (χ0) is 14.0. The van der Waals surface area contributed by atoms with Gasteiger partial charge >= 0.3 is 0 Å². The van der Waals surface area contributed by atoms with Gasteiger partial charge in [-0.05, 0) is 23.8 Å². The molecule has 6 heteroatoms. The number of rotatable bonds is 3. The number of aliphatic imine (C=N–C) groups is 1. The minimum atomic E-state index is -0.108. The van der Waals surface area contributed by atoms with E-state index in [0.29, 0.717) is 21.8 Å². The number of aromatic nitrogens is 2. The van der Waals surface area contributed by atoms with Crippen LogP contribution in [-0.2, 0) is 0 Å². The molecule has 2 rings (SSSR count). The molecule has 0 aliphatic rings. The number of nitrogens with zero attached hydrogens (tertiary/aromatic N) is 3. The van der Waals surface area contributed by atoms with Crippen molar-refractivity contribution < 1.29 is 0 Å². The maximum Gasteiger partial charge on any atom is 0.253 e. The first-order chi connectivity index (χ1) is 9.01. The predicted octanol–water partition coefficient (Wildman–Crippen LogP) is 2.39. The third-order valence-electron chi connectivity index (χ3n) is 2.43. The van der Waals surface area contributed by atoms with Crippen LogP contribution in [0.3, 0.4) is 0 Å².